The molecule has 1 saturated heterocycles. The zero-order chi connectivity index (χ0) is 20.5. The maximum atomic E-state index is 12.5. The van der Waals surface area contributed by atoms with Gasteiger partial charge in [-0.1, -0.05) is 74.5 Å². The van der Waals surface area contributed by atoms with Crippen LogP contribution in [0.15, 0.2) is 66.7 Å². The SMILES string of the molecule is CC(C)Cc1ccc(/C=C/C(=O)N2CC[NH+](C/C=C/c3ccccc3)CC2)cc1. The highest BCUT2D eigenvalue weighted by molar-refractivity contribution is 5.91. The van der Waals surface area contributed by atoms with E-state index < -0.39 is 0 Å². The first kappa shape index (κ1) is 21.1. The third-order valence-corrected chi connectivity index (χ3v) is 5.34. The fourth-order valence-corrected chi connectivity index (χ4v) is 3.68. The van der Waals surface area contributed by atoms with Crippen molar-refractivity contribution in [3.8, 4) is 0 Å². The van der Waals surface area contributed by atoms with Gasteiger partial charge in [0.15, 0.2) is 0 Å². The van der Waals surface area contributed by atoms with Crippen molar-refractivity contribution in [1.29, 1.82) is 0 Å². The van der Waals surface area contributed by atoms with Crippen molar-refractivity contribution in [1.82, 2.24) is 4.90 Å². The number of piperazine rings is 1. The monoisotopic (exact) mass is 389 g/mol. The summed E-state index contributed by atoms with van der Waals surface area (Å²) in [5.41, 5.74) is 3.67. The summed E-state index contributed by atoms with van der Waals surface area (Å²) in [6.45, 7) is 9.12. The molecule has 3 rings (SSSR count). The number of rotatable bonds is 7. The quantitative estimate of drug-likeness (QED) is 0.722. The second kappa shape index (κ2) is 10.8. The summed E-state index contributed by atoms with van der Waals surface area (Å²) in [7, 11) is 0. The Morgan fingerprint density at radius 3 is 2.28 bits per heavy atom. The van der Waals surface area contributed by atoms with Crippen molar-refractivity contribution in [3.63, 3.8) is 0 Å². The van der Waals surface area contributed by atoms with Gasteiger partial charge in [-0.05, 0) is 41.2 Å². The van der Waals surface area contributed by atoms with Crippen LogP contribution in [0.2, 0.25) is 0 Å². The highest BCUT2D eigenvalue weighted by Crippen LogP contribution is 2.11. The van der Waals surface area contributed by atoms with E-state index in [-0.39, 0.29) is 5.91 Å². The van der Waals surface area contributed by atoms with E-state index >= 15 is 0 Å². The van der Waals surface area contributed by atoms with E-state index in [1.165, 1.54) is 16.0 Å². The van der Waals surface area contributed by atoms with Crippen molar-refractivity contribution in [2.45, 2.75) is 20.3 Å². The van der Waals surface area contributed by atoms with Crippen LogP contribution < -0.4 is 4.90 Å². The molecule has 3 heteroatoms. The van der Waals surface area contributed by atoms with E-state index in [2.05, 4.69) is 74.5 Å². The lowest BCUT2D eigenvalue weighted by Crippen LogP contribution is -3.14. The number of nitrogens with one attached hydrogen (secondary N) is 1. The molecule has 0 aromatic heterocycles. The van der Waals surface area contributed by atoms with Gasteiger partial charge in [-0.15, -0.1) is 0 Å². The summed E-state index contributed by atoms with van der Waals surface area (Å²) in [5, 5.41) is 0. The first-order chi connectivity index (χ1) is 14.1. The van der Waals surface area contributed by atoms with Crippen molar-refractivity contribution >= 4 is 18.1 Å². The van der Waals surface area contributed by atoms with E-state index in [1.807, 2.05) is 17.0 Å². The highest BCUT2D eigenvalue weighted by Gasteiger charge is 2.21. The van der Waals surface area contributed by atoms with E-state index in [9.17, 15) is 4.79 Å². The molecular weight excluding hydrogens is 356 g/mol. The molecule has 152 valence electrons. The summed E-state index contributed by atoms with van der Waals surface area (Å²) in [4.78, 5) is 16.0. The molecule has 0 unspecified atom stereocenters. The van der Waals surface area contributed by atoms with Gasteiger partial charge in [-0.2, -0.15) is 0 Å². The van der Waals surface area contributed by atoms with Crippen LogP contribution in [-0.4, -0.2) is 43.5 Å². The molecule has 2 aromatic carbocycles. The molecule has 1 amide bonds. The predicted molar refractivity (Wildman–Crippen MR) is 122 cm³/mol. The molecule has 3 nitrogen and oxygen atoms in total. The maximum absolute atomic E-state index is 12.5. The molecule has 0 radical (unpaired) electrons. The number of carbonyl (C=O) groups is 1. The number of hydrogen-bond donors (Lipinski definition) is 1. The van der Waals surface area contributed by atoms with Gasteiger partial charge in [0.1, 0.15) is 0 Å². The normalized spacial score (nSPS) is 15.6. The predicted octanol–water partition coefficient (Wildman–Crippen LogP) is 3.34. The summed E-state index contributed by atoms with van der Waals surface area (Å²) >= 11 is 0. The molecule has 0 atom stereocenters. The Labute approximate surface area is 175 Å². The third-order valence-electron chi connectivity index (χ3n) is 5.34. The average molecular weight is 390 g/mol. The van der Waals surface area contributed by atoms with Gasteiger partial charge in [0, 0.05) is 6.08 Å². The van der Waals surface area contributed by atoms with Gasteiger partial charge in [0.25, 0.3) is 0 Å². The lowest BCUT2D eigenvalue weighted by molar-refractivity contribution is -0.898. The second-order valence-corrected chi connectivity index (χ2v) is 8.27. The summed E-state index contributed by atoms with van der Waals surface area (Å²) in [6, 6.07) is 18.9. The standard InChI is InChI=1S/C26H32N2O/c1-22(2)21-25-12-10-24(11-13-25)14-15-26(29)28-19-17-27(18-20-28)16-6-9-23-7-4-3-5-8-23/h3-15,22H,16-21H2,1-2H3/p+1/b9-6+,15-14+. The molecular formula is C26H33N2O+. The number of benzene rings is 2. The van der Waals surface area contributed by atoms with Crippen molar-refractivity contribution in [2.75, 3.05) is 32.7 Å². The summed E-state index contributed by atoms with van der Waals surface area (Å²) < 4.78 is 0. The van der Waals surface area contributed by atoms with Gasteiger partial charge < -0.3 is 9.80 Å². The molecule has 0 bridgehead atoms. The molecule has 29 heavy (non-hydrogen) atoms. The lowest BCUT2D eigenvalue weighted by Gasteiger charge is -2.31. The Morgan fingerprint density at radius 2 is 1.62 bits per heavy atom. The van der Waals surface area contributed by atoms with Crippen LogP contribution in [0.5, 0.6) is 0 Å². The highest BCUT2D eigenvalue weighted by atomic mass is 16.2. The molecule has 0 saturated carbocycles. The van der Waals surface area contributed by atoms with Crippen LogP contribution >= 0.6 is 0 Å². The Hall–Kier alpha value is -2.65. The van der Waals surface area contributed by atoms with Crippen LogP contribution in [0.4, 0.5) is 0 Å². The van der Waals surface area contributed by atoms with Gasteiger partial charge in [-0.25, -0.2) is 0 Å². The van der Waals surface area contributed by atoms with Gasteiger partial charge in [0.2, 0.25) is 5.91 Å². The van der Waals surface area contributed by atoms with Gasteiger partial charge >= 0.3 is 0 Å². The van der Waals surface area contributed by atoms with Crippen molar-refractivity contribution in [3.05, 3.63) is 83.4 Å². The third kappa shape index (κ3) is 7.03. The zero-order valence-electron chi connectivity index (χ0n) is 17.7. The van der Waals surface area contributed by atoms with Crippen molar-refractivity contribution < 1.29 is 9.69 Å². The number of quaternary nitrogens is 1. The van der Waals surface area contributed by atoms with Crippen LogP contribution in [0, 0.1) is 5.92 Å². The molecule has 1 heterocycles. The summed E-state index contributed by atoms with van der Waals surface area (Å²) in [6.07, 6.45) is 9.17. The van der Waals surface area contributed by atoms with E-state index in [0.29, 0.717) is 5.92 Å². The minimum atomic E-state index is 0.120. The molecule has 1 N–H and O–H groups in total. The fourth-order valence-electron chi connectivity index (χ4n) is 3.68. The van der Waals surface area contributed by atoms with E-state index in [0.717, 1.165) is 44.7 Å². The van der Waals surface area contributed by atoms with Crippen LogP contribution in [0.1, 0.15) is 30.5 Å². The smallest absolute Gasteiger partial charge is 0.246 e. The lowest BCUT2D eigenvalue weighted by atomic mass is 10.0. The number of nitrogens with zero attached hydrogens (tertiary/aromatic N) is 1. The van der Waals surface area contributed by atoms with Crippen molar-refractivity contribution in [2.24, 2.45) is 5.92 Å². The van der Waals surface area contributed by atoms with Crippen LogP contribution in [0.25, 0.3) is 12.2 Å². The molecule has 0 spiro atoms. The molecule has 1 aliphatic heterocycles. The van der Waals surface area contributed by atoms with Gasteiger partial charge in [0.05, 0.1) is 32.7 Å². The second-order valence-electron chi connectivity index (χ2n) is 8.27. The minimum absolute atomic E-state index is 0.120. The fraction of sp³-hybridized carbons (Fsp3) is 0.346. The van der Waals surface area contributed by atoms with Crippen LogP contribution in [-0.2, 0) is 11.2 Å². The maximum Gasteiger partial charge on any atom is 0.246 e. The first-order valence-electron chi connectivity index (χ1n) is 10.7. The van der Waals surface area contributed by atoms with Gasteiger partial charge in [-0.3, -0.25) is 4.79 Å². The summed E-state index contributed by atoms with van der Waals surface area (Å²) in [5.74, 6) is 0.780. The van der Waals surface area contributed by atoms with Crippen LogP contribution in [0.3, 0.4) is 0 Å². The number of hydrogen-bond acceptors (Lipinski definition) is 1. The van der Waals surface area contributed by atoms with E-state index in [4.69, 9.17) is 0 Å². The Balaban J connectivity index is 1.42. The Bertz CT molecular complexity index is 814. The largest absolute Gasteiger partial charge is 0.329 e. The molecule has 2 aromatic rings. The number of amides is 1. The average Bonchev–Trinajstić information content (AvgIpc) is 2.74. The Kier molecular flexibility index (Phi) is 7.83. The Morgan fingerprint density at radius 1 is 0.966 bits per heavy atom. The topological polar surface area (TPSA) is 24.8 Å². The number of carbonyl (C=O) groups excluding carboxylic acids is 1. The minimum Gasteiger partial charge on any atom is -0.329 e. The molecule has 1 fully saturated rings. The molecule has 0 aliphatic carbocycles. The van der Waals surface area contributed by atoms with E-state index in [1.54, 1.807) is 6.08 Å². The zero-order valence-corrected chi connectivity index (χ0v) is 17.7. The molecule has 1 aliphatic rings. The first-order valence-corrected chi connectivity index (χ1v) is 10.7.